The van der Waals surface area contributed by atoms with E-state index in [1.807, 2.05) is 4.57 Å². The van der Waals surface area contributed by atoms with Crippen molar-refractivity contribution >= 4 is 28.7 Å². The summed E-state index contributed by atoms with van der Waals surface area (Å²) >= 11 is 0. The van der Waals surface area contributed by atoms with E-state index in [2.05, 4.69) is 20.6 Å². The van der Waals surface area contributed by atoms with Crippen LogP contribution < -0.4 is 10.6 Å². The highest BCUT2D eigenvalue weighted by molar-refractivity contribution is 5.77. The number of benzene rings is 1. The number of hydrogen-bond acceptors (Lipinski definition) is 7. The third kappa shape index (κ3) is 4.12. The molecule has 170 valence electrons. The number of imidazole rings is 1. The predicted octanol–water partition coefficient (Wildman–Crippen LogP) is 3.83. The second kappa shape index (κ2) is 8.59. The number of nitrogens with one attached hydrogen (secondary N) is 2. The van der Waals surface area contributed by atoms with E-state index in [1.54, 1.807) is 13.1 Å². The van der Waals surface area contributed by atoms with E-state index in [0.717, 1.165) is 38.2 Å². The van der Waals surface area contributed by atoms with Gasteiger partial charge in [-0.15, -0.1) is 0 Å². The minimum Gasteiger partial charge on any atom is -0.393 e. The van der Waals surface area contributed by atoms with E-state index in [9.17, 15) is 13.9 Å². The molecule has 3 aromatic rings. The Balaban J connectivity index is 1.51. The molecule has 0 spiro atoms. The molecule has 1 atom stereocenters. The van der Waals surface area contributed by atoms with Crippen LogP contribution in [0.1, 0.15) is 43.7 Å². The molecule has 0 bridgehead atoms. The zero-order valence-corrected chi connectivity index (χ0v) is 17.8. The number of aliphatic hydroxyl groups excluding tert-OH is 1. The van der Waals surface area contributed by atoms with Gasteiger partial charge >= 0.3 is 0 Å². The molecule has 0 radical (unpaired) electrons. The number of nitrogens with zero attached hydrogens (tertiary/aromatic N) is 4. The summed E-state index contributed by atoms with van der Waals surface area (Å²) in [5, 5.41) is 16.1. The first-order valence-corrected chi connectivity index (χ1v) is 11.0. The average molecular weight is 445 g/mol. The number of aryl methyl sites for hydroxylation is 1. The molecule has 2 aliphatic rings. The van der Waals surface area contributed by atoms with Crippen molar-refractivity contribution in [3.05, 3.63) is 35.5 Å². The van der Waals surface area contributed by atoms with Crippen LogP contribution in [-0.4, -0.2) is 50.0 Å². The maximum atomic E-state index is 14.5. The largest absolute Gasteiger partial charge is 0.393 e. The molecule has 0 unspecified atom stereocenters. The summed E-state index contributed by atoms with van der Waals surface area (Å²) in [5.41, 5.74) is 1.81. The van der Waals surface area contributed by atoms with Crippen LogP contribution in [0.15, 0.2) is 18.3 Å². The van der Waals surface area contributed by atoms with Gasteiger partial charge in [-0.1, -0.05) is 0 Å². The first kappa shape index (κ1) is 21.0. The standard InChI is InChI=1S/C22H26F2N6O2/c1-12-8-13(23)9-17(24)19(12)28-22-27-18-10-25-21(26-14-2-4-16(31)5-3-14)29-20(18)30(22)15-6-7-32-11-15/h8-10,14-16,31H,2-7,11H2,1H3,(H,27,28)(H,25,26,29)/t14-,15-,16-/m0/s1/i21+1. The highest BCUT2D eigenvalue weighted by atomic mass is 19.1. The van der Waals surface area contributed by atoms with Crippen molar-refractivity contribution in [1.29, 1.82) is 0 Å². The maximum absolute atomic E-state index is 14.5. The molecule has 3 N–H and O–H groups in total. The van der Waals surface area contributed by atoms with E-state index in [1.165, 1.54) is 6.07 Å². The minimum absolute atomic E-state index is 0.0149. The molecule has 8 nitrogen and oxygen atoms in total. The van der Waals surface area contributed by atoms with Crippen LogP contribution in [0.25, 0.3) is 11.2 Å². The lowest BCUT2D eigenvalue weighted by molar-refractivity contribution is 0.126. The van der Waals surface area contributed by atoms with Gasteiger partial charge in [0.2, 0.25) is 11.9 Å². The molecule has 1 aliphatic carbocycles. The SMILES string of the molecule is Cc1cc(F)cc(F)c1Nc1nc2cn[13c](N[C@H]3CC[C@H](O)CC3)nc2n1[C@H]1CCOC1. The number of aromatic nitrogens is 4. The van der Waals surface area contributed by atoms with Crippen LogP contribution in [0.4, 0.5) is 26.4 Å². The Morgan fingerprint density at radius 3 is 2.66 bits per heavy atom. The molecule has 1 saturated carbocycles. The lowest BCUT2D eigenvalue weighted by atomic mass is 9.94. The molecule has 0 amide bonds. The van der Waals surface area contributed by atoms with Crippen LogP contribution in [0.2, 0.25) is 0 Å². The zero-order chi connectivity index (χ0) is 22.2. The van der Waals surface area contributed by atoms with Crippen LogP contribution >= 0.6 is 0 Å². The van der Waals surface area contributed by atoms with Gasteiger partial charge in [-0.2, -0.15) is 4.98 Å². The molecule has 2 fully saturated rings. The normalized spacial score (nSPS) is 23.6. The average Bonchev–Trinajstić information content (AvgIpc) is 3.39. The fraction of sp³-hybridized carbons (Fsp3) is 0.500. The quantitative estimate of drug-likeness (QED) is 0.549. The van der Waals surface area contributed by atoms with E-state index in [4.69, 9.17) is 9.72 Å². The molecule has 1 aromatic carbocycles. The molecule has 2 aromatic heterocycles. The van der Waals surface area contributed by atoms with Crippen molar-refractivity contribution in [3.63, 3.8) is 0 Å². The monoisotopic (exact) mass is 445 g/mol. The molecule has 1 aliphatic heterocycles. The van der Waals surface area contributed by atoms with Gasteiger partial charge in [0, 0.05) is 18.7 Å². The van der Waals surface area contributed by atoms with E-state index >= 15 is 0 Å². The summed E-state index contributed by atoms with van der Waals surface area (Å²) in [6, 6.07) is 2.32. The summed E-state index contributed by atoms with van der Waals surface area (Å²) in [7, 11) is 0. The van der Waals surface area contributed by atoms with Crippen molar-refractivity contribution in [2.75, 3.05) is 23.8 Å². The summed E-state index contributed by atoms with van der Waals surface area (Å²) in [4.78, 5) is 13.7. The molecule has 10 heteroatoms. The molecule has 5 rings (SSSR count). The van der Waals surface area contributed by atoms with Crippen molar-refractivity contribution in [3.8, 4) is 0 Å². The smallest absolute Gasteiger partial charge is 0.224 e. The van der Waals surface area contributed by atoms with Crippen LogP contribution in [0, 0.1) is 18.6 Å². The van der Waals surface area contributed by atoms with Gasteiger partial charge in [0.1, 0.15) is 17.2 Å². The Labute approximate surface area is 184 Å². The fourth-order valence-corrected chi connectivity index (χ4v) is 4.50. The van der Waals surface area contributed by atoms with Gasteiger partial charge < -0.3 is 20.5 Å². The maximum Gasteiger partial charge on any atom is 0.224 e. The number of hydrogen-bond donors (Lipinski definition) is 3. The van der Waals surface area contributed by atoms with E-state index in [0.29, 0.717) is 41.8 Å². The van der Waals surface area contributed by atoms with Crippen molar-refractivity contribution in [2.45, 2.75) is 57.2 Å². The lowest BCUT2D eigenvalue weighted by Gasteiger charge is -2.26. The third-order valence-corrected chi connectivity index (χ3v) is 6.22. The van der Waals surface area contributed by atoms with Crippen LogP contribution in [0.3, 0.4) is 0 Å². The summed E-state index contributed by atoms with van der Waals surface area (Å²) < 4.78 is 35.5. The van der Waals surface area contributed by atoms with Gasteiger partial charge in [-0.3, -0.25) is 4.57 Å². The lowest BCUT2D eigenvalue weighted by Crippen LogP contribution is -2.29. The third-order valence-electron chi connectivity index (χ3n) is 6.22. The number of anilines is 3. The number of aliphatic hydroxyl groups is 1. The first-order chi connectivity index (χ1) is 15.5. The first-order valence-electron chi connectivity index (χ1n) is 11.0. The fourth-order valence-electron chi connectivity index (χ4n) is 4.50. The van der Waals surface area contributed by atoms with Crippen molar-refractivity contribution in [2.24, 2.45) is 0 Å². The highest BCUT2D eigenvalue weighted by Gasteiger charge is 2.26. The van der Waals surface area contributed by atoms with Crippen LogP contribution in [-0.2, 0) is 4.74 Å². The molecular formula is C22H26F2N6O2. The number of fused-ring (bicyclic) bond motifs is 1. The predicted molar refractivity (Wildman–Crippen MR) is 116 cm³/mol. The second-order valence-corrected chi connectivity index (χ2v) is 8.58. The van der Waals surface area contributed by atoms with Crippen molar-refractivity contribution in [1.82, 2.24) is 19.5 Å². The van der Waals surface area contributed by atoms with Gasteiger partial charge in [-0.25, -0.2) is 18.7 Å². The molecule has 1 saturated heterocycles. The summed E-state index contributed by atoms with van der Waals surface area (Å²) in [5.74, 6) is -0.400. The zero-order valence-electron chi connectivity index (χ0n) is 17.8. The van der Waals surface area contributed by atoms with E-state index in [-0.39, 0.29) is 23.9 Å². The van der Waals surface area contributed by atoms with Crippen molar-refractivity contribution < 1.29 is 18.6 Å². The van der Waals surface area contributed by atoms with E-state index < -0.39 is 11.6 Å². The Morgan fingerprint density at radius 1 is 1.12 bits per heavy atom. The van der Waals surface area contributed by atoms with Gasteiger partial charge in [0.25, 0.3) is 0 Å². The Morgan fingerprint density at radius 2 is 1.94 bits per heavy atom. The summed E-state index contributed by atoms with van der Waals surface area (Å²) in [6.45, 7) is 2.76. The second-order valence-electron chi connectivity index (χ2n) is 8.58. The minimum atomic E-state index is -0.684. The number of ether oxygens (including phenoxy) is 1. The topological polar surface area (TPSA) is 97.1 Å². The van der Waals surface area contributed by atoms with Gasteiger partial charge in [-0.05, 0) is 50.7 Å². The molecule has 3 heterocycles. The Kier molecular flexibility index (Phi) is 5.64. The van der Waals surface area contributed by atoms with Gasteiger partial charge in [0.15, 0.2) is 5.65 Å². The molecule has 32 heavy (non-hydrogen) atoms. The Hall–Kier alpha value is -2.85. The Bertz CT molecular complexity index is 1100. The van der Waals surface area contributed by atoms with Crippen LogP contribution in [0.5, 0.6) is 0 Å². The number of rotatable bonds is 5. The molecular weight excluding hydrogens is 419 g/mol. The number of halogens is 2. The highest BCUT2D eigenvalue weighted by Crippen LogP contribution is 2.32. The van der Waals surface area contributed by atoms with Gasteiger partial charge in [0.05, 0.1) is 30.6 Å². The summed E-state index contributed by atoms with van der Waals surface area (Å²) in [6.07, 6.45) is 5.42.